The molecule has 0 radical (unpaired) electrons. The molecular formula is C19H12F3NO2. The van der Waals surface area contributed by atoms with Crippen LogP contribution in [0.3, 0.4) is 0 Å². The Labute approximate surface area is 141 Å². The minimum atomic E-state index is -4.34. The molecule has 0 aliphatic rings. The van der Waals surface area contributed by atoms with Gasteiger partial charge in [0.1, 0.15) is 5.69 Å². The molecule has 0 saturated heterocycles. The summed E-state index contributed by atoms with van der Waals surface area (Å²) in [5.41, 5.74) is 1.33. The summed E-state index contributed by atoms with van der Waals surface area (Å²) in [6.07, 6.45) is -0.865. The summed E-state index contributed by atoms with van der Waals surface area (Å²) in [6.45, 7) is 0. The normalized spacial score (nSPS) is 12.0. The lowest BCUT2D eigenvalue weighted by Gasteiger charge is -2.06. The molecule has 3 aromatic rings. The zero-order chi connectivity index (χ0) is 18.0. The number of fused-ring (bicyclic) bond motifs is 1. The Bertz CT molecular complexity index is 961. The van der Waals surface area contributed by atoms with Gasteiger partial charge in [0.05, 0.1) is 11.1 Å². The summed E-state index contributed by atoms with van der Waals surface area (Å²) in [4.78, 5) is 14.9. The van der Waals surface area contributed by atoms with E-state index in [2.05, 4.69) is 4.98 Å². The smallest absolute Gasteiger partial charge is 0.416 e. The molecule has 126 valence electrons. The molecular weight excluding hydrogens is 331 g/mol. The van der Waals surface area contributed by atoms with Crippen LogP contribution in [0, 0.1) is 0 Å². The molecule has 0 unspecified atom stereocenters. The highest BCUT2D eigenvalue weighted by atomic mass is 19.4. The number of aromatic carboxylic acids is 1. The molecule has 1 aromatic heterocycles. The van der Waals surface area contributed by atoms with Crippen molar-refractivity contribution >= 4 is 29.0 Å². The van der Waals surface area contributed by atoms with E-state index >= 15 is 0 Å². The van der Waals surface area contributed by atoms with Gasteiger partial charge in [0, 0.05) is 5.39 Å². The number of hydrogen-bond acceptors (Lipinski definition) is 2. The van der Waals surface area contributed by atoms with E-state index in [1.165, 1.54) is 18.2 Å². The Morgan fingerprint density at radius 3 is 2.20 bits per heavy atom. The van der Waals surface area contributed by atoms with E-state index in [9.17, 15) is 18.0 Å². The third kappa shape index (κ3) is 3.85. The Morgan fingerprint density at radius 1 is 0.920 bits per heavy atom. The van der Waals surface area contributed by atoms with Gasteiger partial charge >= 0.3 is 12.1 Å². The Morgan fingerprint density at radius 2 is 1.56 bits per heavy atom. The van der Waals surface area contributed by atoms with Gasteiger partial charge in [-0.25, -0.2) is 9.78 Å². The van der Waals surface area contributed by atoms with Gasteiger partial charge in [-0.05, 0) is 41.5 Å². The quantitative estimate of drug-likeness (QED) is 0.671. The summed E-state index contributed by atoms with van der Waals surface area (Å²) in [6, 6.07) is 13.3. The average Bonchev–Trinajstić information content (AvgIpc) is 2.59. The molecule has 0 aliphatic heterocycles. The van der Waals surface area contributed by atoms with Crippen molar-refractivity contribution in [2.24, 2.45) is 0 Å². The number of aromatic nitrogens is 1. The molecule has 1 heterocycles. The maximum absolute atomic E-state index is 12.5. The molecule has 2 aromatic carbocycles. The third-order valence-electron chi connectivity index (χ3n) is 3.64. The van der Waals surface area contributed by atoms with E-state index in [4.69, 9.17) is 5.11 Å². The van der Waals surface area contributed by atoms with Gasteiger partial charge in [-0.3, -0.25) is 0 Å². The molecule has 3 nitrogen and oxygen atoms in total. The number of carboxylic acids is 1. The van der Waals surface area contributed by atoms with Crippen LogP contribution in [0.2, 0.25) is 0 Å². The fraction of sp³-hybridized carbons (Fsp3) is 0.0526. The first-order valence-electron chi connectivity index (χ1n) is 7.32. The second kappa shape index (κ2) is 6.39. The van der Waals surface area contributed by atoms with Crippen LogP contribution in [0.25, 0.3) is 23.1 Å². The van der Waals surface area contributed by atoms with E-state index in [0.29, 0.717) is 11.1 Å². The summed E-state index contributed by atoms with van der Waals surface area (Å²) in [5.74, 6) is -1.09. The first-order valence-corrected chi connectivity index (χ1v) is 7.32. The van der Waals surface area contributed by atoms with Crippen LogP contribution < -0.4 is 0 Å². The topological polar surface area (TPSA) is 50.2 Å². The van der Waals surface area contributed by atoms with Gasteiger partial charge in [0.2, 0.25) is 0 Å². The van der Waals surface area contributed by atoms with Crippen LogP contribution in [0.15, 0.2) is 54.6 Å². The van der Waals surface area contributed by atoms with Gasteiger partial charge in [-0.15, -0.1) is 0 Å². The third-order valence-corrected chi connectivity index (χ3v) is 3.64. The lowest BCUT2D eigenvalue weighted by molar-refractivity contribution is -0.137. The maximum Gasteiger partial charge on any atom is 0.416 e. The molecule has 3 rings (SSSR count). The zero-order valence-corrected chi connectivity index (χ0v) is 12.8. The number of benzene rings is 2. The highest BCUT2D eigenvalue weighted by molar-refractivity contribution is 5.90. The number of carbonyl (C=O) groups is 1. The number of hydrogen-bond donors (Lipinski definition) is 1. The molecule has 0 bridgehead atoms. The summed E-state index contributed by atoms with van der Waals surface area (Å²) < 4.78 is 37.6. The lowest BCUT2D eigenvalue weighted by atomic mass is 10.1. The second-order valence-electron chi connectivity index (χ2n) is 5.41. The molecule has 6 heteroatoms. The van der Waals surface area contributed by atoms with Crippen LogP contribution >= 0.6 is 0 Å². The first-order chi connectivity index (χ1) is 11.8. The highest BCUT2D eigenvalue weighted by Crippen LogP contribution is 2.29. The molecule has 0 saturated carbocycles. The predicted molar refractivity (Wildman–Crippen MR) is 89.1 cm³/mol. The fourth-order valence-corrected chi connectivity index (χ4v) is 2.34. The second-order valence-corrected chi connectivity index (χ2v) is 5.41. The number of rotatable bonds is 3. The molecule has 0 amide bonds. The van der Waals surface area contributed by atoms with Crippen molar-refractivity contribution in [3.8, 4) is 0 Å². The van der Waals surface area contributed by atoms with E-state index < -0.39 is 17.7 Å². The SMILES string of the molecule is O=C(O)c1ccc2cc(/C=C/c3ccc(C(F)(F)F)cc3)ccc2n1. The standard InChI is InChI=1S/C19H12F3NO2/c20-19(21,22)15-7-3-12(4-8-15)1-2-13-5-9-16-14(11-13)6-10-17(23-16)18(24)25/h1-11H,(H,24,25)/b2-1+. The van der Waals surface area contributed by atoms with Crippen molar-refractivity contribution in [3.05, 3.63) is 77.0 Å². The van der Waals surface area contributed by atoms with E-state index in [-0.39, 0.29) is 5.69 Å². The minimum Gasteiger partial charge on any atom is -0.477 e. The molecule has 0 fully saturated rings. The Kier molecular flexibility index (Phi) is 4.27. The van der Waals surface area contributed by atoms with Gasteiger partial charge in [0.25, 0.3) is 0 Å². The van der Waals surface area contributed by atoms with Gasteiger partial charge < -0.3 is 5.11 Å². The highest BCUT2D eigenvalue weighted by Gasteiger charge is 2.29. The number of pyridine rings is 1. The average molecular weight is 343 g/mol. The van der Waals surface area contributed by atoms with Crippen LogP contribution in [-0.4, -0.2) is 16.1 Å². The Balaban J connectivity index is 1.83. The number of carboxylic acid groups (broad SMARTS) is 1. The van der Waals surface area contributed by atoms with Crippen molar-refractivity contribution in [3.63, 3.8) is 0 Å². The van der Waals surface area contributed by atoms with Gasteiger partial charge in [0.15, 0.2) is 0 Å². The van der Waals surface area contributed by atoms with Crippen molar-refractivity contribution < 1.29 is 23.1 Å². The molecule has 0 atom stereocenters. The minimum absolute atomic E-state index is 0.0273. The molecule has 0 spiro atoms. The van der Waals surface area contributed by atoms with Crippen molar-refractivity contribution in [1.82, 2.24) is 4.98 Å². The van der Waals surface area contributed by atoms with E-state index in [1.54, 1.807) is 30.4 Å². The maximum atomic E-state index is 12.5. The monoisotopic (exact) mass is 343 g/mol. The van der Waals surface area contributed by atoms with Gasteiger partial charge in [-0.2, -0.15) is 13.2 Å². The van der Waals surface area contributed by atoms with Crippen LogP contribution in [0.5, 0.6) is 0 Å². The summed E-state index contributed by atoms with van der Waals surface area (Å²) in [7, 11) is 0. The number of alkyl halides is 3. The lowest BCUT2D eigenvalue weighted by Crippen LogP contribution is -2.03. The summed E-state index contributed by atoms with van der Waals surface area (Å²) >= 11 is 0. The number of nitrogens with zero attached hydrogens (tertiary/aromatic N) is 1. The van der Waals surface area contributed by atoms with Crippen LogP contribution in [0.1, 0.15) is 27.2 Å². The van der Waals surface area contributed by atoms with Crippen molar-refractivity contribution in [2.45, 2.75) is 6.18 Å². The molecule has 0 aliphatic carbocycles. The zero-order valence-electron chi connectivity index (χ0n) is 12.8. The van der Waals surface area contributed by atoms with E-state index in [1.807, 2.05) is 6.07 Å². The summed E-state index contributed by atoms with van der Waals surface area (Å²) in [5, 5.41) is 9.71. The largest absolute Gasteiger partial charge is 0.477 e. The Hall–Kier alpha value is -3.15. The van der Waals surface area contributed by atoms with Crippen molar-refractivity contribution in [2.75, 3.05) is 0 Å². The fourth-order valence-electron chi connectivity index (χ4n) is 2.34. The van der Waals surface area contributed by atoms with Gasteiger partial charge in [-0.1, -0.05) is 36.4 Å². The molecule has 1 N–H and O–H groups in total. The van der Waals surface area contributed by atoms with Crippen LogP contribution in [-0.2, 0) is 6.18 Å². The van der Waals surface area contributed by atoms with E-state index in [0.717, 1.165) is 23.1 Å². The molecule has 25 heavy (non-hydrogen) atoms. The van der Waals surface area contributed by atoms with Crippen molar-refractivity contribution in [1.29, 1.82) is 0 Å². The van der Waals surface area contributed by atoms with Crippen LogP contribution in [0.4, 0.5) is 13.2 Å². The first kappa shape index (κ1) is 16.7. The number of halogens is 3. The predicted octanol–water partition coefficient (Wildman–Crippen LogP) is 5.12.